The first-order valence-corrected chi connectivity index (χ1v) is 5.70. The molecule has 1 fully saturated rings. The number of aromatic nitrogens is 2. The Kier molecular flexibility index (Phi) is 3.23. The Morgan fingerprint density at radius 3 is 2.94 bits per heavy atom. The smallest absolute Gasteiger partial charge is 0.226 e. The number of anilines is 1. The number of hydrogen-bond acceptors (Lipinski definition) is 5. The zero-order valence-corrected chi connectivity index (χ0v) is 10.2. The molecule has 1 saturated heterocycles. The van der Waals surface area contributed by atoms with Crippen molar-refractivity contribution in [2.45, 2.75) is 13.0 Å². The standard InChI is InChI=1S/C11H18N6/c1-8-7-17(6-5-16(8)2)11-14-4-3-9(15-11)10(12)13/h3-4,8H,5-7H2,1-2H3,(H3,12,13). The lowest BCUT2D eigenvalue weighted by Crippen LogP contribution is -2.50. The molecule has 0 saturated carbocycles. The SMILES string of the molecule is CC1CN(c2nccc(C(=N)N)n2)CCN1C. The summed E-state index contributed by atoms with van der Waals surface area (Å²) in [6.07, 6.45) is 1.65. The van der Waals surface area contributed by atoms with Gasteiger partial charge in [0.05, 0.1) is 0 Å². The Balaban J connectivity index is 2.17. The number of nitrogens with one attached hydrogen (secondary N) is 1. The minimum absolute atomic E-state index is 0.0178. The maximum Gasteiger partial charge on any atom is 0.226 e. The summed E-state index contributed by atoms with van der Waals surface area (Å²) in [6.45, 7) is 4.98. The molecule has 0 spiro atoms. The number of likely N-dealkylation sites (N-methyl/N-ethyl adjacent to an activating group) is 1. The number of amidine groups is 1. The second-order valence-corrected chi connectivity index (χ2v) is 4.43. The molecule has 6 heteroatoms. The highest BCUT2D eigenvalue weighted by Crippen LogP contribution is 2.13. The Morgan fingerprint density at radius 2 is 2.29 bits per heavy atom. The van der Waals surface area contributed by atoms with E-state index in [9.17, 15) is 0 Å². The zero-order valence-electron chi connectivity index (χ0n) is 10.2. The largest absolute Gasteiger partial charge is 0.382 e. The molecule has 1 aliphatic heterocycles. The van der Waals surface area contributed by atoms with Crippen LogP contribution in [0, 0.1) is 5.41 Å². The fraction of sp³-hybridized carbons (Fsp3) is 0.545. The summed E-state index contributed by atoms with van der Waals surface area (Å²) in [5.41, 5.74) is 5.92. The lowest BCUT2D eigenvalue weighted by atomic mass is 10.2. The van der Waals surface area contributed by atoms with E-state index < -0.39 is 0 Å². The number of rotatable bonds is 2. The molecular formula is C11H18N6. The van der Waals surface area contributed by atoms with E-state index in [1.165, 1.54) is 0 Å². The van der Waals surface area contributed by atoms with Gasteiger partial charge in [0.15, 0.2) is 0 Å². The second kappa shape index (κ2) is 4.67. The predicted octanol–water partition coefficient (Wildman–Crippen LogP) is -0.0990. The average molecular weight is 234 g/mol. The van der Waals surface area contributed by atoms with Crippen LogP contribution in [-0.2, 0) is 0 Å². The van der Waals surface area contributed by atoms with Gasteiger partial charge in [-0.3, -0.25) is 5.41 Å². The first kappa shape index (κ1) is 11.8. The molecule has 17 heavy (non-hydrogen) atoms. The Labute approximate surface area is 101 Å². The van der Waals surface area contributed by atoms with Crippen LogP contribution in [0.25, 0.3) is 0 Å². The topological polar surface area (TPSA) is 82.1 Å². The number of nitrogens with zero attached hydrogens (tertiary/aromatic N) is 4. The second-order valence-electron chi connectivity index (χ2n) is 4.43. The Hall–Kier alpha value is -1.69. The van der Waals surface area contributed by atoms with E-state index in [0.717, 1.165) is 19.6 Å². The van der Waals surface area contributed by atoms with Gasteiger partial charge in [0.1, 0.15) is 11.5 Å². The van der Waals surface area contributed by atoms with Crippen LogP contribution in [-0.4, -0.2) is 53.4 Å². The van der Waals surface area contributed by atoms with Gasteiger partial charge in [0.25, 0.3) is 0 Å². The van der Waals surface area contributed by atoms with Crippen molar-refractivity contribution in [3.8, 4) is 0 Å². The number of piperazine rings is 1. The van der Waals surface area contributed by atoms with Crippen molar-refractivity contribution in [3.05, 3.63) is 18.0 Å². The van der Waals surface area contributed by atoms with Crippen LogP contribution in [0.2, 0.25) is 0 Å². The monoisotopic (exact) mass is 234 g/mol. The zero-order chi connectivity index (χ0) is 12.4. The third-order valence-corrected chi connectivity index (χ3v) is 3.16. The number of nitrogens with two attached hydrogens (primary N) is 1. The van der Waals surface area contributed by atoms with Gasteiger partial charge < -0.3 is 15.5 Å². The molecule has 0 radical (unpaired) electrons. The van der Waals surface area contributed by atoms with Crippen molar-refractivity contribution in [1.29, 1.82) is 5.41 Å². The predicted molar refractivity (Wildman–Crippen MR) is 67.4 cm³/mol. The summed E-state index contributed by atoms with van der Waals surface area (Å²) < 4.78 is 0. The van der Waals surface area contributed by atoms with Crippen molar-refractivity contribution < 1.29 is 0 Å². The molecule has 0 aliphatic carbocycles. The van der Waals surface area contributed by atoms with Crippen molar-refractivity contribution in [3.63, 3.8) is 0 Å². The summed E-state index contributed by atoms with van der Waals surface area (Å²) in [6, 6.07) is 2.14. The first-order valence-electron chi connectivity index (χ1n) is 5.70. The number of hydrogen-bond donors (Lipinski definition) is 2. The third-order valence-electron chi connectivity index (χ3n) is 3.16. The summed E-state index contributed by atoms with van der Waals surface area (Å²) in [7, 11) is 2.12. The average Bonchev–Trinajstić information content (AvgIpc) is 2.33. The quantitative estimate of drug-likeness (QED) is 0.551. The van der Waals surface area contributed by atoms with Crippen molar-refractivity contribution in [1.82, 2.24) is 14.9 Å². The van der Waals surface area contributed by atoms with Gasteiger partial charge in [-0.1, -0.05) is 0 Å². The van der Waals surface area contributed by atoms with Crippen LogP contribution >= 0.6 is 0 Å². The maximum absolute atomic E-state index is 7.38. The lowest BCUT2D eigenvalue weighted by Gasteiger charge is -2.37. The molecule has 6 nitrogen and oxygen atoms in total. The van der Waals surface area contributed by atoms with Gasteiger partial charge in [-0.2, -0.15) is 0 Å². The van der Waals surface area contributed by atoms with Crippen LogP contribution in [0.15, 0.2) is 12.3 Å². The molecular weight excluding hydrogens is 216 g/mol. The van der Waals surface area contributed by atoms with Crippen molar-refractivity contribution in [2.75, 3.05) is 31.6 Å². The molecule has 1 aromatic heterocycles. The van der Waals surface area contributed by atoms with Crippen LogP contribution < -0.4 is 10.6 Å². The van der Waals surface area contributed by atoms with Gasteiger partial charge >= 0.3 is 0 Å². The number of nitrogen functional groups attached to an aromatic ring is 1. The van der Waals surface area contributed by atoms with Crippen LogP contribution in [0.5, 0.6) is 0 Å². The normalized spacial score (nSPS) is 21.5. The van der Waals surface area contributed by atoms with Crippen molar-refractivity contribution >= 4 is 11.8 Å². The molecule has 1 unspecified atom stereocenters. The third kappa shape index (κ3) is 2.52. The molecule has 0 bridgehead atoms. The molecule has 0 amide bonds. The van der Waals surface area contributed by atoms with E-state index >= 15 is 0 Å². The summed E-state index contributed by atoms with van der Waals surface area (Å²) in [4.78, 5) is 13.0. The molecule has 1 atom stereocenters. The van der Waals surface area contributed by atoms with Crippen molar-refractivity contribution in [2.24, 2.45) is 5.73 Å². The van der Waals surface area contributed by atoms with Crippen LogP contribution in [0.4, 0.5) is 5.95 Å². The summed E-state index contributed by atoms with van der Waals surface area (Å²) in [5, 5.41) is 7.38. The van der Waals surface area contributed by atoms with Gasteiger partial charge in [0.2, 0.25) is 5.95 Å². The molecule has 2 heterocycles. The van der Waals surface area contributed by atoms with E-state index in [1.807, 2.05) is 0 Å². The molecule has 1 aromatic rings. The van der Waals surface area contributed by atoms with Gasteiger partial charge in [-0.25, -0.2) is 9.97 Å². The first-order chi connectivity index (χ1) is 8.08. The molecule has 1 aliphatic rings. The van der Waals surface area contributed by atoms with Crippen LogP contribution in [0.3, 0.4) is 0 Å². The molecule has 2 rings (SSSR count). The van der Waals surface area contributed by atoms with E-state index in [0.29, 0.717) is 17.7 Å². The van der Waals surface area contributed by atoms with E-state index in [2.05, 4.69) is 33.7 Å². The molecule has 3 N–H and O–H groups in total. The van der Waals surface area contributed by atoms with E-state index in [4.69, 9.17) is 11.1 Å². The highest BCUT2D eigenvalue weighted by molar-refractivity contribution is 5.93. The van der Waals surface area contributed by atoms with Gasteiger partial charge in [-0.05, 0) is 20.0 Å². The highest BCUT2D eigenvalue weighted by Gasteiger charge is 2.22. The molecule has 92 valence electrons. The minimum atomic E-state index is -0.0178. The lowest BCUT2D eigenvalue weighted by molar-refractivity contribution is 0.233. The Bertz CT molecular complexity index is 418. The fourth-order valence-corrected chi connectivity index (χ4v) is 1.88. The van der Waals surface area contributed by atoms with Gasteiger partial charge in [-0.15, -0.1) is 0 Å². The van der Waals surface area contributed by atoms with Gasteiger partial charge in [0, 0.05) is 31.9 Å². The van der Waals surface area contributed by atoms with Crippen LogP contribution in [0.1, 0.15) is 12.6 Å². The maximum atomic E-state index is 7.38. The Morgan fingerprint density at radius 1 is 1.53 bits per heavy atom. The summed E-state index contributed by atoms with van der Waals surface area (Å²) >= 11 is 0. The fourth-order valence-electron chi connectivity index (χ4n) is 1.88. The summed E-state index contributed by atoms with van der Waals surface area (Å²) in [5.74, 6) is 0.647. The molecule has 0 aromatic carbocycles. The van der Waals surface area contributed by atoms with E-state index in [1.54, 1.807) is 12.3 Å². The highest BCUT2D eigenvalue weighted by atomic mass is 15.3. The van der Waals surface area contributed by atoms with E-state index in [-0.39, 0.29) is 5.84 Å². The minimum Gasteiger partial charge on any atom is -0.382 e.